The molecule has 0 bridgehead atoms. The van der Waals surface area contributed by atoms with Crippen molar-refractivity contribution in [2.75, 3.05) is 13.6 Å². The monoisotopic (exact) mass is 254 g/mol. The lowest BCUT2D eigenvalue weighted by molar-refractivity contribution is -0.136. The molecule has 0 radical (unpaired) electrons. The zero-order valence-corrected chi connectivity index (χ0v) is 10.2. The summed E-state index contributed by atoms with van der Waals surface area (Å²) in [7, 11) is 1.77. The first-order chi connectivity index (χ1) is 8.54. The van der Waals surface area contributed by atoms with Gasteiger partial charge in [-0.1, -0.05) is 6.07 Å². The van der Waals surface area contributed by atoms with Crippen LogP contribution in [0.3, 0.4) is 0 Å². The van der Waals surface area contributed by atoms with Crippen LogP contribution >= 0.6 is 0 Å². The Kier molecular flexibility index (Phi) is 5.70. The second kappa shape index (κ2) is 7.05. The van der Waals surface area contributed by atoms with Crippen molar-refractivity contribution in [1.82, 2.24) is 10.3 Å². The molecular formula is C12H18N2O4. The second-order valence-corrected chi connectivity index (χ2v) is 4.06. The number of nitrogens with zero attached hydrogens (tertiary/aromatic N) is 1. The summed E-state index contributed by atoms with van der Waals surface area (Å²) in [6.45, 7) is 0.600. The average molecular weight is 254 g/mol. The minimum atomic E-state index is -1.01. The number of pyridine rings is 1. The SMILES string of the molecule is CNCCC(O)C(O)c1ccc(CC(=O)O)nc1. The van der Waals surface area contributed by atoms with E-state index < -0.39 is 18.2 Å². The maximum Gasteiger partial charge on any atom is 0.309 e. The van der Waals surface area contributed by atoms with Crippen LogP contribution in [-0.4, -0.2) is 46.0 Å². The van der Waals surface area contributed by atoms with Crippen molar-refractivity contribution in [3.8, 4) is 0 Å². The van der Waals surface area contributed by atoms with Crippen molar-refractivity contribution in [3.05, 3.63) is 29.6 Å². The minimum Gasteiger partial charge on any atom is -0.481 e. The van der Waals surface area contributed by atoms with Gasteiger partial charge in [0.2, 0.25) is 0 Å². The third-order valence-corrected chi connectivity index (χ3v) is 2.58. The molecule has 0 amide bonds. The fraction of sp³-hybridized carbons (Fsp3) is 0.500. The smallest absolute Gasteiger partial charge is 0.309 e. The largest absolute Gasteiger partial charge is 0.481 e. The van der Waals surface area contributed by atoms with Crippen LogP contribution in [0.2, 0.25) is 0 Å². The van der Waals surface area contributed by atoms with Crippen LogP contribution < -0.4 is 5.32 Å². The Morgan fingerprint density at radius 2 is 2.17 bits per heavy atom. The quantitative estimate of drug-likeness (QED) is 0.533. The van der Waals surface area contributed by atoms with Crippen molar-refractivity contribution < 1.29 is 20.1 Å². The maximum atomic E-state index is 10.5. The molecule has 2 atom stereocenters. The fourth-order valence-electron chi connectivity index (χ4n) is 1.54. The first-order valence-corrected chi connectivity index (χ1v) is 5.72. The molecule has 0 fully saturated rings. The standard InChI is InChI=1S/C12H18N2O4/c1-13-5-4-10(15)12(18)8-2-3-9(14-7-8)6-11(16)17/h2-3,7,10,12-13,15,18H,4-6H2,1H3,(H,16,17). The molecule has 0 saturated carbocycles. The Bertz CT molecular complexity index is 380. The Hall–Kier alpha value is -1.50. The van der Waals surface area contributed by atoms with Crippen LogP contribution in [0.4, 0.5) is 0 Å². The highest BCUT2D eigenvalue weighted by atomic mass is 16.4. The van der Waals surface area contributed by atoms with Crippen molar-refractivity contribution in [3.63, 3.8) is 0 Å². The van der Waals surface area contributed by atoms with Gasteiger partial charge in [0.05, 0.1) is 18.2 Å². The molecule has 6 heteroatoms. The number of hydrogen-bond donors (Lipinski definition) is 4. The van der Waals surface area contributed by atoms with Crippen molar-refractivity contribution in [2.45, 2.75) is 25.0 Å². The summed E-state index contributed by atoms with van der Waals surface area (Å²) in [6.07, 6.45) is -0.215. The van der Waals surface area contributed by atoms with Gasteiger partial charge in [0.25, 0.3) is 0 Å². The second-order valence-electron chi connectivity index (χ2n) is 4.06. The van der Waals surface area contributed by atoms with Gasteiger partial charge in [-0.05, 0) is 26.1 Å². The lowest BCUT2D eigenvalue weighted by Crippen LogP contribution is -2.23. The number of hydrogen-bond acceptors (Lipinski definition) is 5. The first-order valence-electron chi connectivity index (χ1n) is 5.72. The molecule has 6 nitrogen and oxygen atoms in total. The molecule has 0 aliphatic rings. The van der Waals surface area contributed by atoms with Gasteiger partial charge in [-0.25, -0.2) is 0 Å². The van der Waals surface area contributed by atoms with Crippen LogP contribution in [0.25, 0.3) is 0 Å². The Balaban J connectivity index is 2.63. The van der Waals surface area contributed by atoms with E-state index in [2.05, 4.69) is 10.3 Å². The van der Waals surface area contributed by atoms with E-state index in [4.69, 9.17) is 5.11 Å². The third kappa shape index (κ3) is 4.40. The number of aliphatic hydroxyl groups excluding tert-OH is 2. The maximum absolute atomic E-state index is 10.5. The molecule has 0 aliphatic heterocycles. The van der Waals surface area contributed by atoms with E-state index in [-0.39, 0.29) is 6.42 Å². The van der Waals surface area contributed by atoms with Gasteiger partial charge in [-0.15, -0.1) is 0 Å². The average Bonchev–Trinajstić information content (AvgIpc) is 2.35. The minimum absolute atomic E-state index is 0.154. The van der Waals surface area contributed by atoms with E-state index >= 15 is 0 Å². The highest BCUT2D eigenvalue weighted by Gasteiger charge is 2.18. The van der Waals surface area contributed by atoms with Crippen LogP contribution in [-0.2, 0) is 11.2 Å². The van der Waals surface area contributed by atoms with E-state index in [1.54, 1.807) is 13.1 Å². The predicted molar refractivity (Wildman–Crippen MR) is 65.1 cm³/mol. The number of carboxylic acid groups (broad SMARTS) is 1. The van der Waals surface area contributed by atoms with E-state index in [0.717, 1.165) is 0 Å². The molecular weight excluding hydrogens is 236 g/mol. The van der Waals surface area contributed by atoms with Crippen LogP contribution in [0.1, 0.15) is 23.8 Å². The van der Waals surface area contributed by atoms with Gasteiger partial charge in [-0.3, -0.25) is 9.78 Å². The summed E-state index contributed by atoms with van der Waals surface area (Å²) in [5.74, 6) is -0.954. The first kappa shape index (κ1) is 14.6. The van der Waals surface area contributed by atoms with Crippen LogP contribution in [0.15, 0.2) is 18.3 Å². The molecule has 0 aromatic carbocycles. The number of nitrogens with one attached hydrogen (secondary N) is 1. The summed E-state index contributed by atoms with van der Waals surface area (Å²) in [4.78, 5) is 14.4. The topological polar surface area (TPSA) is 103 Å². The Morgan fingerprint density at radius 3 is 2.67 bits per heavy atom. The molecule has 4 N–H and O–H groups in total. The summed E-state index contributed by atoms with van der Waals surface area (Å²) >= 11 is 0. The summed E-state index contributed by atoms with van der Waals surface area (Å²) in [5.41, 5.74) is 0.899. The van der Waals surface area contributed by atoms with Crippen molar-refractivity contribution in [2.24, 2.45) is 0 Å². The van der Waals surface area contributed by atoms with Gasteiger partial charge in [0.1, 0.15) is 6.10 Å². The Morgan fingerprint density at radius 1 is 1.44 bits per heavy atom. The molecule has 18 heavy (non-hydrogen) atoms. The van der Waals surface area contributed by atoms with Crippen molar-refractivity contribution >= 4 is 5.97 Å². The molecule has 1 rings (SSSR count). The van der Waals surface area contributed by atoms with Crippen LogP contribution in [0, 0.1) is 0 Å². The molecule has 100 valence electrons. The van der Waals surface area contributed by atoms with E-state index in [0.29, 0.717) is 24.2 Å². The van der Waals surface area contributed by atoms with Gasteiger partial charge < -0.3 is 20.6 Å². The number of carboxylic acids is 1. The lowest BCUT2D eigenvalue weighted by Gasteiger charge is -2.17. The van der Waals surface area contributed by atoms with E-state index in [1.807, 2.05) is 0 Å². The third-order valence-electron chi connectivity index (χ3n) is 2.58. The molecule has 0 aliphatic carbocycles. The summed E-state index contributed by atoms with van der Waals surface area (Å²) in [5, 5.41) is 31.0. The van der Waals surface area contributed by atoms with E-state index in [1.165, 1.54) is 12.3 Å². The highest BCUT2D eigenvalue weighted by Crippen LogP contribution is 2.18. The number of aliphatic carboxylic acids is 1. The number of carbonyl (C=O) groups is 1. The summed E-state index contributed by atoms with van der Waals surface area (Å²) < 4.78 is 0. The number of aromatic nitrogens is 1. The van der Waals surface area contributed by atoms with Gasteiger partial charge >= 0.3 is 5.97 Å². The molecule has 0 spiro atoms. The Labute approximate surface area is 105 Å². The zero-order valence-electron chi connectivity index (χ0n) is 10.2. The lowest BCUT2D eigenvalue weighted by atomic mass is 10.0. The molecule has 2 unspecified atom stereocenters. The molecule has 0 saturated heterocycles. The predicted octanol–water partition coefficient (Wildman–Crippen LogP) is -0.288. The van der Waals surface area contributed by atoms with E-state index in [9.17, 15) is 15.0 Å². The number of rotatable bonds is 7. The summed E-state index contributed by atoms with van der Waals surface area (Å²) in [6, 6.07) is 3.12. The molecule has 1 aromatic heterocycles. The zero-order chi connectivity index (χ0) is 13.5. The molecule has 1 heterocycles. The normalized spacial score (nSPS) is 14.2. The van der Waals surface area contributed by atoms with Gasteiger partial charge in [0.15, 0.2) is 0 Å². The van der Waals surface area contributed by atoms with Gasteiger partial charge in [-0.2, -0.15) is 0 Å². The number of aliphatic hydroxyl groups is 2. The van der Waals surface area contributed by atoms with Gasteiger partial charge in [0, 0.05) is 11.8 Å². The molecule has 1 aromatic rings. The van der Waals surface area contributed by atoms with Crippen molar-refractivity contribution in [1.29, 1.82) is 0 Å². The fourth-order valence-corrected chi connectivity index (χ4v) is 1.54. The highest BCUT2D eigenvalue weighted by molar-refractivity contribution is 5.69. The van der Waals surface area contributed by atoms with Crippen LogP contribution in [0.5, 0.6) is 0 Å².